The third kappa shape index (κ3) is 5.96. The second-order valence-corrected chi connectivity index (χ2v) is 10.7. The van der Waals surface area contributed by atoms with Gasteiger partial charge in [0.2, 0.25) is 18.1 Å². The van der Waals surface area contributed by atoms with Gasteiger partial charge in [0.05, 0.1) is 47.9 Å². The van der Waals surface area contributed by atoms with Gasteiger partial charge in [-0.25, -0.2) is 19.3 Å². The molecule has 3 aromatic heterocycles. The van der Waals surface area contributed by atoms with Gasteiger partial charge in [-0.2, -0.15) is 0 Å². The molecule has 10 nitrogen and oxygen atoms in total. The van der Waals surface area contributed by atoms with Crippen LogP contribution in [0.3, 0.4) is 0 Å². The number of H-pyrrole nitrogens is 1. The third-order valence-corrected chi connectivity index (χ3v) is 7.39. The van der Waals surface area contributed by atoms with Crippen molar-refractivity contribution in [3.05, 3.63) is 78.3 Å². The fourth-order valence-corrected chi connectivity index (χ4v) is 5.13. The number of hydrogen-bond donors (Lipinski definition) is 2. The molecular formula is C30H32FN7O3. The molecule has 2 N–H and O–H groups in total. The number of aromatic amines is 1. The predicted octanol–water partition coefficient (Wildman–Crippen LogP) is 4.74. The Morgan fingerprint density at radius 3 is 2.54 bits per heavy atom. The molecule has 0 spiro atoms. The van der Waals surface area contributed by atoms with Gasteiger partial charge in [-0.05, 0) is 68.7 Å². The van der Waals surface area contributed by atoms with Crippen molar-refractivity contribution in [1.82, 2.24) is 29.8 Å². The van der Waals surface area contributed by atoms with Crippen LogP contribution in [0.5, 0.6) is 0 Å². The van der Waals surface area contributed by atoms with Gasteiger partial charge in [0.25, 0.3) is 0 Å². The van der Waals surface area contributed by atoms with Gasteiger partial charge in [-0.3, -0.25) is 9.78 Å². The molecule has 2 aliphatic rings. The van der Waals surface area contributed by atoms with Crippen LogP contribution in [0.1, 0.15) is 44.0 Å². The number of ether oxygens (including phenoxy) is 2. The number of nitrogens with zero attached hydrogens (tertiary/aromatic N) is 5. The van der Waals surface area contributed by atoms with Gasteiger partial charge < -0.3 is 24.7 Å². The molecule has 6 rings (SSSR count). The molecule has 5 heterocycles. The third-order valence-electron chi connectivity index (χ3n) is 7.39. The minimum absolute atomic E-state index is 0.0644. The molecule has 11 heteroatoms. The summed E-state index contributed by atoms with van der Waals surface area (Å²) in [5, 5.41) is 3.20. The molecule has 0 radical (unpaired) electrons. The van der Waals surface area contributed by atoms with Crippen LogP contribution in [-0.4, -0.2) is 62.0 Å². The van der Waals surface area contributed by atoms with Crippen molar-refractivity contribution in [2.45, 2.75) is 39.0 Å². The zero-order chi connectivity index (χ0) is 28.2. The number of nitrogens with one attached hydrogen (secondary N) is 2. The number of carbonyl (C=O) groups excluding carboxylic acids is 1. The number of hydrogen-bond acceptors (Lipinski definition) is 8. The summed E-state index contributed by atoms with van der Waals surface area (Å²) in [6.07, 6.45) is 5.79. The number of pyridine rings is 1. The molecule has 2 fully saturated rings. The average molecular weight is 558 g/mol. The lowest BCUT2D eigenvalue weighted by atomic mass is 9.89. The van der Waals surface area contributed by atoms with E-state index in [-0.39, 0.29) is 24.9 Å². The normalized spacial score (nSPS) is 21.0. The van der Waals surface area contributed by atoms with Crippen molar-refractivity contribution in [3.8, 4) is 22.6 Å². The molecule has 0 bridgehead atoms. The van der Waals surface area contributed by atoms with E-state index in [4.69, 9.17) is 19.4 Å². The van der Waals surface area contributed by atoms with E-state index < -0.39 is 11.7 Å². The molecule has 1 aromatic carbocycles. The van der Waals surface area contributed by atoms with Gasteiger partial charge in [-0.15, -0.1) is 0 Å². The van der Waals surface area contributed by atoms with Crippen LogP contribution in [0.2, 0.25) is 0 Å². The Bertz CT molecular complexity index is 1480. The van der Waals surface area contributed by atoms with Gasteiger partial charge in [0.15, 0.2) is 5.82 Å². The molecule has 41 heavy (non-hydrogen) atoms. The van der Waals surface area contributed by atoms with Gasteiger partial charge in [-0.1, -0.05) is 6.07 Å². The topological polar surface area (TPSA) is 118 Å². The van der Waals surface area contributed by atoms with Crippen LogP contribution in [0.15, 0.2) is 60.9 Å². The Labute approximate surface area is 237 Å². The number of halogens is 1. The quantitative estimate of drug-likeness (QED) is 0.335. The SMILES string of the molecule is CC1(C(=O)N2CCCCC2)COC(c2nc(-c3ccc(F)cc3)c(-c3ccnc(NCc4ccccn4)n3)[nH]2)OC1. The predicted molar refractivity (Wildman–Crippen MR) is 150 cm³/mol. The lowest BCUT2D eigenvalue weighted by Crippen LogP contribution is -2.51. The van der Waals surface area contributed by atoms with E-state index in [9.17, 15) is 9.18 Å². The van der Waals surface area contributed by atoms with Crippen LogP contribution in [0.4, 0.5) is 10.3 Å². The summed E-state index contributed by atoms with van der Waals surface area (Å²) in [5.41, 5.74) is 2.56. The Kier molecular flexibility index (Phi) is 7.71. The summed E-state index contributed by atoms with van der Waals surface area (Å²) >= 11 is 0. The number of carbonyl (C=O) groups is 1. The van der Waals surface area contributed by atoms with Gasteiger partial charge in [0, 0.05) is 31.0 Å². The van der Waals surface area contributed by atoms with Crippen LogP contribution in [0, 0.1) is 11.2 Å². The fourth-order valence-electron chi connectivity index (χ4n) is 5.13. The maximum Gasteiger partial charge on any atom is 0.233 e. The van der Waals surface area contributed by atoms with Crippen molar-refractivity contribution < 1.29 is 18.7 Å². The van der Waals surface area contributed by atoms with E-state index in [0.29, 0.717) is 41.0 Å². The molecule has 0 saturated carbocycles. The first kappa shape index (κ1) is 27.0. The summed E-state index contributed by atoms with van der Waals surface area (Å²) in [4.78, 5) is 36.6. The van der Waals surface area contributed by atoms with Crippen LogP contribution in [-0.2, 0) is 20.8 Å². The van der Waals surface area contributed by atoms with Gasteiger partial charge in [0.1, 0.15) is 5.82 Å². The van der Waals surface area contributed by atoms with E-state index in [1.165, 1.54) is 12.1 Å². The summed E-state index contributed by atoms with van der Waals surface area (Å²) in [7, 11) is 0. The van der Waals surface area contributed by atoms with E-state index in [1.807, 2.05) is 30.0 Å². The maximum absolute atomic E-state index is 13.7. The Morgan fingerprint density at radius 1 is 1.02 bits per heavy atom. The van der Waals surface area contributed by atoms with Crippen molar-refractivity contribution in [3.63, 3.8) is 0 Å². The van der Waals surface area contributed by atoms with Crippen LogP contribution >= 0.6 is 0 Å². The fraction of sp³-hybridized carbons (Fsp3) is 0.367. The highest BCUT2D eigenvalue weighted by molar-refractivity contribution is 5.83. The minimum atomic E-state index is -0.797. The summed E-state index contributed by atoms with van der Waals surface area (Å²) in [6.45, 7) is 4.32. The van der Waals surface area contributed by atoms with Gasteiger partial charge >= 0.3 is 0 Å². The molecule has 2 saturated heterocycles. The first-order valence-electron chi connectivity index (χ1n) is 13.8. The molecule has 4 aromatic rings. The number of likely N-dealkylation sites (tertiary alicyclic amines) is 1. The zero-order valence-corrected chi connectivity index (χ0v) is 22.8. The van der Waals surface area contributed by atoms with E-state index in [0.717, 1.165) is 38.0 Å². The first-order valence-corrected chi connectivity index (χ1v) is 13.8. The smallest absolute Gasteiger partial charge is 0.233 e. The standard InChI is InChI=1S/C30H32FN7O3/c1-30(28(39)38-15-5-2-6-16-38)18-40-27(41-19-30)26-36-24(20-8-10-21(31)11-9-20)25(37-26)23-12-14-33-29(35-23)34-17-22-7-3-4-13-32-22/h3-4,7-14,27H,2,5-6,15-19H2,1H3,(H,36,37)(H,33,34,35). The molecule has 0 atom stereocenters. The van der Waals surface area contributed by atoms with E-state index in [2.05, 4.69) is 20.3 Å². The van der Waals surface area contributed by atoms with Crippen LogP contribution in [0.25, 0.3) is 22.6 Å². The Hall–Kier alpha value is -4.22. The van der Waals surface area contributed by atoms with E-state index in [1.54, 1.807) is 30.6 Å². The molecule has 0 aliphatic carbocycles. The highest BCUT2D eigenvalue weighted by Gasteiger charge is 2.43. The van der Waals surface area contributed by atoms with Crippen molar-refractivity contribution in [2.75, 3.05) is 31.6 Å². The number of aromatic nitrogens is 5. The number of benzene rings is 1. The minimum Gasteiger partial charge on any atom is -0.349 e. The molecular weight excluding hydrogens is 525 g/mol. The summed E-state index contributed by atoms with van der Waals surface area (Å²) in [6, 6.07) is 13.6. The molecule has 2 aliphatic heterocycles. The van der Waals surface area contributed by atoms with Crippen molar-refractivity contribution in [1.29, 1.82) is 0 Å². The van der Waals surface area contributed by atoms with Crippen molar-refractivity contribution >= 4 is 11.9 Å². The number of anilines is 1. The highest BCUT2D eigenvalue weighted by Crippen LogP contribution is 2.36. The maximum atomic E-state index is 13.7. The molecule has 212 valence electrons. The largest absolute Gasteiger partial charge is 0.349 e. The summed E-state index contributed by atoms with van der Waals surface area (Å²) in [5.74, 6) is 0.583. The molecule has 1 amide bonds. The first-order chi connectivity index (χ1) is 20.0. The zero-order valence-electron chi connectivity index (χ0n) is 22.8. The van der Waals surface area contributed by atoms with Crippen molar-refractivity contribution in [2.24, 2.45) is 5.41 Å². The lowest BCUT2D eigenvalue weighted by molar-refractivity contribution is -0.234. The summed E-state index contributed by atoms with van der Waals surface area (Å²) < 4.78 is 25.9. The number of amides is 1. The highest BCUT2D eigenvalue weighted by atomic mass is 19.1. The second kappa shape index (κ2) is 11.7. The number of imidazole rings is 1. The lowest BCUT2D eigenvalue weighted by Gasteiger charge is -2.40. The molecule has 0 unspecified atom stereocenters. The second-order valence-electron chi connectivity index (χ2n) is 10.7. The van der Waals surface area contributed by atoms with Crippen LogP contribution < -0.4 is 5.32 Å². The number of rotatable bonds is 7. The monoisotopic (exact) mass is 557 g/mol. The Morgan fingerprint density at radius 2 is 1.80 bits per heavy atom. The number of piperidine rings is 1. The Balaban J connectivity index is 1.25. The average Bonchev–Trinajstić information content (AvgIpc) is 3.47. The van der Waals surface area contributed by atoms with E-state index >= 15 is 0 Å².